The molecule has 3 heterocycles. The van der Waals surface area contributed by atoms with Crippen LogP contribution >= 0.6 is 0 Å². The number of methoxy groups -OCH3 is 1. The number of anilines is 1. The van der Waals surface area contributed by atoms with Crippen LogP contribution in [0.4, 0.5) is 14.6 Å². The van der Waals surface area contributed by atoms with E-state index >= 15 is 0 Å². The molecule has 0 bridgehead atoms. The van der Waals surface area contributed by atoms with Crippen molar-refractivity contribution in [2.75, 3.05) is 19.0 Å². The Balaban J connectivity index is 1.46. The molecule has 0 spiro atoms. The summed E-state index contributed by atoms with van der Waals surface area (Å²) < 4.78 is 32.9. The van der Waals surface area contributed by atoms with Gasteiger partial charge in [0.05, 0.1) is 13.2 Å². The minimum absolute atomic E-state index is 0.110. The Bertz CT molecular complexity index is 1020. The van der Waals surface area contributed by atoms with Crippen LogP contribution in [0.15, 0.2) is 36.4 Å². The number of nitrogens with one attached hydrogen (secondary N) is 1. The van der Waals surface area contributed by atoms with E-state index in [4.69, 9.17) is 4.74 Å². The third-order valence-corrected chi connectivity index (χ3v) is 5.70. The Hall–Kier alpha value is -2.81. The number of likely N-dealkylation sites (tertiary alicyclic amines) is 1. The second-order valence-electron chi connectivity index (χ2n) is 7.58. The zero-order valence-electron chi connectivity index (χ0n) is 16.0. The zero-order valence-corrected chi connectivity index (χ0v) is 16.0. The highest BCUT2D eigenvalue weighted by atomic mass is 19.3. The predicted molar refractivity (Wildman–Crippen MR) is 103 cm³/mol. The number of ether oxygens (including phenoxy) is 1. The van der Waals surface area contributed by atoms with Gasteiger partial charge in [0, 0.05) is 18.6 Å². The Morgan fingerprint density at radius 3 is 2.76 bits per heavy atom. The molecule has 0 radical (unpaired) electrons. The van der Waals surface area contributed by atoms with Gasteiger partial charge < -0.3 is 10.1 Å². The molecule has 1 aromatic carbocycles. The molecule has 1 saturated carbocycles. The molecule has 2 aromatic heterocycles. The largest absolute Gasteiger partial charge is 0.497 e. The van der Waals surface area contributed by atoms with Crippen molar-refractivity contribution in [3.05, 3.63) is 47.8 Å². The van der Waals surface area contributed by atoms with Crippen molar-refractivity contribution in [3.8, 4) is 5.75 Å². The molecule has 1 aliphatic heterocycles. The summed E-state index contributed by atoms with van der Waals surface area (Å²) in [6.07, 6.45) is 0.655. The van der Waals surface area contributed by atoms with E-state index in [1.807, 2.05) is 12.1 Å². The minimum Gasteiger partial charge on any atom is -0.497 e. The molecule has 1 aliphatic carbocycles. The van der Waals surface area contributed by atoms with E-state index in [0.29, 0.717) is 17.5 Å². The number of benzene rings is 1. The number of rotatable bonds is 6. The van der Waals surface area contributed by atoms with Crippen LogP contribution in [-0.4, -0.2) is 50.4 Å². The topological polar surface area (TPSA) is 67.6 Å². The number of nitrogens with zero attached hydrogens (tertiary/aromatic N) is 5. The van der Waals surface area contributed by atoms with Gasteiger partial charge in [0.25, 0.3) is 6.43 Å². The lowest BCUT2D eigenvalue weighted by molar-refractivity contribution is 0.137. The number of alkyl halides is 2. The fraction of sp³-hybridized carbons (Fsp3) is 0.450. The molecule has 0 amide bonds. The number of halogens is 2. The van der Waals surface area contributed by atoms with Gasteiger partial charge in [0.2, 0.25) is 5.82 Å². The van der Waals surface area contributed by atoms with Crippen molar-refractivity contribution in [3.63, 3.8) is 0 Å². The summed E-state index contributed by atoms with van der Waals surface area (Å²) in [5, 5.41) is 15.1. The molecule has 9 heteroatoms. The maximum absolute atomic E-state index is 13.2. The van der Waals surface area contributed by atoms with Crippen LogP contribution in [0.1, 0.15) is 43.1 Å². The van der Waals surface area contributed by atoms with Gasteiger partial charge in [-0.3, -0.25) is 4.90 Å². The first-order valence-electron chi connectivity index (χ1n) is 9.81. The van der Waals surface area contributed by atoms with Gasteiger partial charge in [-0.2, -0.15) is 4.52 Å². The smallest absolute Gasteiger partial charge is 0.299 e. The Morgan fingerprint density at radius 1 is 1.14 bits per heavy atom. The van der Waals surface area contributed by atoms with Gasteiger partial charge in [0.15, 0.2) is 5.65 Å². The number of fused-ring (bicyclic) bond motifs is 1. The molecular formula is C20H22F2N6O. The first kappa shape index (κ1) is 18.2. The van der Waals surface area contributed by atoms with Crippen LogP contribution in [0.25, 0.3) is 5.65 Å². The van der Waals surface area contributed by atoms with E-state index in [1.165, 1.54) is 18.4 Å². The molecule has 2 aliphatic rings. The standard InChI is InChI=1S/C20H22F2N6O/c1-29-14-4-2-3-12(11-14)18-15(9-10-27(18)13-5-6-13)23-16-7-8-17-24-25-20(19(21)22)28(17)26-16/h2-4,7-8,11,13,15,18-19H,5-6,9-10H2,1H3,(H,23,26). The number of hydrogen-bond acceptors (Lipinski definition) is 6. The summed E-state index contributed by atoms with van der Waals surface area (Å²) in [6, 6.07) is 12.4. The zero-order chi connectivity index (χ0) is 20.0. The lowest BCUT2D eigenvalue weighted by Gasteiger charge is -2.29. The highest BCUT2D eigenvalue weighted by molar-refractivity contribution is 5.45. The lowest BCUT2D eigenvalue weighted by atomic mass is 9.99. The number of aromatic nitrogens is 4. The predicted octanol–water partition coefficient (Wildman–Crippen LogP) is 3.46. The summed E-state index contributed by atoms with van der Waals surface area (Å²) in [6.45, 7) is 0.987. The first-order chi connectivity index (χ1) is 14.1. The van der Waals surface area contributed by atoms with Crippen LogP contribution in [0.5, 0.6) is 5.75 Å². The van der Waals surface area contributed by atoms with Crippen LogP contribution in [0, 0.1) is 0 Å². The van der Waals surface area contributed by atoms with Crippen molar-refractivity contribution in [2.45, 2.75) is 43.8 Å². The van der Waals surface area contributed by atoms with E-state index in [2.05, 4.69) is 37.6 Å². The highest BCUT2D eigenvalue weighted by Gasteiger charge is 2.43. The Labute approximate surface area is 166 Å². The van der Waals surface area contributed by atoms with E-state index < -0.39 is 12.2 Å². The Morgan fingerprint density at radius 2 is 2.00 bits per heavy atom. The quantitative estimate of drug-likeness (QED) is 0.684. The van der Waals surface area contributed by atoms with Crippen LogP contribution in [0.3, 0.4) is 0 Å². The van der Waals surface area contributed by atoms with Crippen LogP contribution in [0.2, 0.25) is 0 Å². The van der Waals surface area contributed by atoms with E-state index in [1.54, 1.807) is 19.2 Å². The van der Waals surface area contributed by atoms with Gasteiger partial charge in [-0.15, -0.1) is 15.3 Å². The lowest BCUT2D eigenvalue weighted by Crippen LogP contribution is -2.33. The SMILES string of the molecule is COc1cccc(C2C(Nc3ccc4nnc(C(F)F)n4n3)CCN2C2CC2)c1. The molecule has 7 nitrogen and oxygen atoms in total. The molecule has 29 heavy (non-hydrogen) atoms. The van der Waals surface area contributed by atoms with Gasteiger partial charge in [-0.05, 0) is 49.1 Å². The van der Waals surface area contributed by atoms with Crippen molar-refractivity contribution in [1.82, 2.24) is 24.7 Å². The van der Waals surface area contributed by atoms with Crippen LogP contribution in [-0.2, 0) is 0 Å². The Kier molecular flexibility index (Phi) is 4.54. The molecule has 2 atom stereocenters. The van der Waals surface area contributed by atoms with E-state index in [9.17, 15) is 8.78 Å². The molecule has 152 valence electrons. The normalized spacial score (nSPS) is 22.5. The molecule has 1 saturated heterocycles. The summed E-state index contributed by atoms with van der Waals surface area (Å²) in [4.78, 5) is 2.54. The van der Waals surface area contributed by atoms with Crippen molar-refractivity contribution < 1.29 is 13.5 Å². The molecule has 2 fully saturated rings. The summed E-state index contributed by atoms with van der Waals surface area (Å²) in [7, 11) is 1.67. The third kappa shape index (κ3) is 3.39. The molecule has 2 unspecified atom stereocenters. The van der Waals surface area contributed by atoms with Gasteiger partial charge in [-0.1, -0.05) is 12.1 Å². The van der Waals surface area contributed by atoms with Gasteiger partial charge >= 0.3 is 0 Å². The van der Waals surface area contributed by atoms with Crippen molar-refractivity contribution in [1.29, 1.82) is 0 Å². The molecule has 3 aromatic rings. The second-order valence-corrected chi connectivity index (χ2v) is 7.58. The fourth-order valence-electron chi connectivity index (χ4n) is 4.24. The monoisotopic (exact) mass is 400 g/mol. The van der Waals surface area contributed by atoms with Crippen molar-refractivity contribution in [2.24, 2.45) is 0 Å². The summed E-state index contributed by atoms with van der Waals surface area (Å²) in [5.74, 6) is 0.920. The summed E-state index contributed by atoms with van der Waals surface area (Å²) >= 11 is 0. The number of hydrogen-bond donors (Lipinski definition) is 1. The summed E-state index contributed by atoms with van der Waals surface area (Å²) in [5.41, 5.74) is 1.49. The van der Waals surface area contributed by atoms with E-state index in [-0.39, 0.29) is 12.1 Å². The maximum atomic E-state index is 13.2. The van der Waals surface area contributed by atoms with Gasteiger partial charge in [0.1, 0.15) is 11.6 Å². The first-order valence-corrected chi connectivity index (χ1v) is 9.81. The third-order valence-electron chi connectivity index (χ3n) is 5.70. The molecule has 5 rings (SSSR count). The fourth-order valence-corrected chi connectivity index (χ4v) is 4.24. The highest BCUT2D eigenvalue weighted by Crippen LogP contribution is 2.42. The average molecular weight is 400 g/mol. The van der Waals surface area contributed by atoms with Crippen LogP contribution < -0.4 is 10.1 Å². The minimum atomic E-state index is -2.73. The van der Waals surface area contributed by atoms with E-state index in [0.717, 1.165) is 23.2 Å². The molecule has 1 N–H and O–H groups in total. The second kappa shape index (κ2) is 7.22. The van der Waals surface area contributed by atoms with Gasteiger partial charge in [-0.25, -0.2) is 8.78 Å². The molecular weight excluding hydrogens is 378 g/mol. The van der Waals surface area contributed by atoms with Crippen molar-refractivity contribution >= 4 is 11.5 Å². The average Bonchev–Trinajstić information content (AvgIpc) is 3.35. The maximum Gasteiger partial charge on any atom is 0.299 e.